The van der Waals surface area contributed by atoms with Gasteiger partial charge in [-0.05, 0) is 25.2 Å². The molecule has 0 saturated heterocycles. The lowest BCUT2D eigenvalue weighted by Crippen LogP contribution is -2.23. The fourth-order valence-electron chi connectivity index (χ4n) is 4.14. The lowest BCUT2D eigenvalue weighted by molar-refractivity contribution is -0.114. The van der Waals surface area contributed by atoms with Crippen LogP contribution < -0.4 is 15.5 Å². The number of pyridine rings is 1. The van der Waals surface area contributed by atoms with Crippen LogP contribution in [-0.2, 0) is 16.1 Å². The molecule has 1 aliphatic heterocycles. The first-order valence-electron chi connectivity index (χ1n) is 10.2. The maximum absolute atomic E-state index is 14.2. The summed E-state index contributed by atoms with van der Waals surface area (Å²) in [6, 6.07) is 3.79. The molecular formula is C21H24F2N6O. The van der Waals surface area contributed by atoms with Crippen LogP contribution in [0.25, 0.3) is 0 Å². The molecule has 1 spiro atoms. The third-order valence-corrected chi connectivity index (χ3v) is 6.19. The van der Waals surface area contributed by atoms with Gasteiger partial charge in [0.25, 0.3) is 0 Å². The number of carbonyl (C=O) groups excluding carboxylic acids is 1. The van der Waals surface area contributed by atoms with E-state index in [4.69, 9.17) is 0 Å². The number of amides is 1. The maximum Gasteiger partial charge on any atom is 0.303 e. The van der Waals surface area contributed by atoms with Gasteiger partial charge in [0.05, 0.1) is 5.69 Å². The largest absolute Gasteiger partial charge is 0.367 e. The average Bonchev–Trinajstić information content (AvgIpc) is 3.54. The zero-order chi connectivity index (χ0) is 21.3. The predicted octanol–water partition coefficient (Wildman–Crippen LogP) is 3.95. The van der Waals surface area contributed by atoms with Gasteiger partial charge in [0.1, 0.15) is 17.5 Å². The van der Waals surface area contributed by atoms with Crippen LogP contribution in [-0.4, -0.2) is 33.4 Å². The molecule has 7 nitrogen and oxygen atoms in total. The van der Waals surface area contributed by atoms with E-state index < -0.39 is 11.7 Å². The van der Waals surface area contributed by atoms with E-state index in [-0.39, 0.29) is 17.4 Å². The van der Waals surface area contributed by atoms with Gasteiger partial charge in [-0.25, -0.2) is 15.0 Å². The second kappa shape index (κ2) is 6.33. The summed E-state index contributed by atoms with van der Waals surface area (Å²) < 4.78 is 28.3. The van der Waals surface area contributed by atoms with E-state index >= 15 is 0 Å². The minimum absolute atomic E-state index is 0.0183. The number of anilines is 4. The van der Waals surface area contributed by atoms with Crippen molar-refractivity contribution in [1.82, 2.24) is 15.0 Å². The molecule has 5 rings (SSSR count). The molecule has 2 aromatic rings. The van der Waals surface area contributed by atoms with Gasteiger partial charge in [-0.2, -0.15) is 8.78 Å². The van der Waals surface area contributed by atoms with Gasteiger partial charge in [-0.3, -0.25) is 4.79 Å². The Morgan fingerprint density at radius 1 is 1.27 bits per heavy atom. The van der Waals surface area contributed by atoms with E-state index in [1.54, 1.807) is 18.3 Å². The summed E-state index contributed by atoms with van der Waals surface area (Å²) in [5.41, 5.74) is 1.90. The fourth-order valence-corrected chi connectivity index (χ4v) is 4.14. The third-order valence-electron chi connectivity index (χ3n) is 6.19. The molecule has 3 heterocycles. The van der Waals surface area contributed by atoms with Gasteiger partial charge in [0.2, 0.25) is 11.7 Å². The van der Waals surface area contributed by atoms with Crippen LogP contribution in [0.1, 0.15) is 51.4 Å². The number of nitrogens with zero attached hydrogens (tertiary/aromatic N) is 4. The first kappa shape index (κ1) is 19.1. The monoisotopic (exact) mass is 414 g/mol. The van der Waals surface area contributed by atoms with Crippen LogP contribution in [0, 0.1) is 5.92 Å². The van der Waals surface area contributed by atoms with Crippen molar-refractivity contribution in [2.24, 2.45) is 5.92 Å². The summed E-state index contributed by atoms with van der Waals surface area (Å²) in [6.45, 7) is 5.00. The Balaban J connectivity index is 1.57. The highest BCUT2D eigenvalue weighted by Gasteiger charge is 2.53. The maximum atomic E-state index is 14.2. The van der Waals surface area contributed by atoms with Crippen molar-refractivity contribution in [3.63, 3.8) is 0 Å². The van der Waals surface area contributed by atoms with E-state index in [0.29, 0.717) is 29.9 Å². The van der Waals surface area contributed by atoms with Crippen LogP contribution in [0.15, 0.2) is 18.3 Å². The van der Waals surface area contributed by atoms with Gasteiger partial charge in [0.15, 0.2) is 0 Å². The SMILES string of the molecule is CC(=O)Nc1cc2c(cn1)C1(CC1)CN2c1cc(NC2CC2C)nc(C(C)(F)F)n1. The van der Waals surface area contributed by atoms with Crippen molar-refractivity contribution in [3.8, 4) is 0 Å². The predicted molar refractivity (Wildman–Crippen MR) is 109 cm³/mol. The van der Waals surface area contributed by atoms with Crippen molar-refractivity contribution in [3.05, 3.63) is 29.7 Å². The van der Waals surface area contributed by atoms with Crippen LogP contribution >= 0.6 is 0 Å². The summed E-state index contributed by atoms with van der Waals surface area (Å²) in [4.78, 5) is 26.1. The molecule has 2 aliphatic carbocycles. The summed E-state index contributed by atoms with van der Waals surface area (Å²) >= 11 is 0. The zero-order valence-electron chi connectivity index (χ0n) is 17.2. The highest BCUT2D eigenvalue weighted by molar-refractivity contribution is 5.89. The van der Waals surface area contributed by atoms with Crippen molar-refractivity contribution in [2.75, 3.05) is 22.1 Å². The van der Waals surface area contributed by atoms with E-state index in [1.165, 1.54) is 6.92 Å². The zero-order valence-corrected chi connectivity index (χ0v) is 17.2. The smallest absolute Gasteiger partial charge is 0.303 e. The summed E-state index contributed by atoms with van der Waals surface area (Å²) in [5, 5.41) is 5.96. The Morgan fingerprint density at radius 2 is 2.00 bits per heavy atom. The number of rotatable bonds is 5. The topological polar surface area (TPSA) is 83.0 Å². The number of hydrogen-bond acceptors (Lipinski definition) is 6. The molecule has 2 atom stereocenters. The van der Waals surface area contributed by atoms with E-state index in [2.05, 4.69) is 32.5 Å². The molecule has 2 unspecified atom stereocenters. The molecule has 0 bridgehead atoms. The van der Waals surface area contributed by atoms with Crippen molar-refractivity contribution >= 4 is 29.0 Å². The summed E-state index contributed by atoms with van der Waals surface area (Å²) in [7, 11) is 0. The van der Waals surface area contributed by atoms with E-state index in [9.17, 15) is 13.6 Å². The fraction of sp³-hybridized carbons (Fsp3) is 0.524. The Kier molecular flexibility index (Phi) is 4.04. The summed E-state index contributed by atoms with van der Waals surface area (Å²) in [5.74, 6) is -2.08. The first-order valence-corrected chi connectivity index (χ1v) is 10.2. The lowest BCUT2D eigenvalue weighted by Gasteiger charge is -2.22. The molecule has 0 aromatic carbocycles. The molecule has 2 saturated carbocycles. The molecule has 0 radical (unpaired) electrons. The molecule has 2 aromatic heterocycles. The molecule has 3 aliphatic rings. The molecule has 2 fully saturated rings. The molecule has 158 valence electrons. The van der Waals surface area contributed by atoms with Gasteiger partial charge in [-0.15, -0.1) is 0 Å². The first-order chi connectivity index (χ1) is 14.1. The normalized spacial score (nSPS) is 23.3. The molecular weight excluding hydrogens is 390 g/mol. The van der Waals surface area contributed by atoms with Crippen LogP contribution in [0.2, 0.25) is 0 Å². The highest BCUT2D eigenvalue weighted by Crippen LogP contribution is 2.58. The van der Waals surface area contributed by atoms with Crippen LogP contribution in [0.4, 0.5) is 31.9 Å². The van der Waals surface area contributed by atoms with Gasteiger partial charge in [-0.1, -0.05) is 6.92 Å². The van der Waals surface area contributed by atoms with Gasteiger partial charge in [0, 0.05) is 55.7 Å². The second-order valence-electron chi connectivity index (χ2n) is 8.92. The Labute approximate surface area is 173 Å². The number of aromatic nitrogens is 3. The van der Waals surface area contributed by atoms with Gasteiger partial charge < -0.3 is 15.5 Å². The highest BCUT2D eigenvalue weighted by atomic mass is 19.3. The number of hydrogen-bond donors (Lipinski definition) is 2. The third kappa shape index (κ3) is 3.36. The minimum Gasteiger partial charge on any atom is -0.367 e. The summed E-state index contributed by atoms with van der Waals surface area (Å²) in [6.07, 6.45) is 4.82. The number of alkyl halides is 2. The molecule has 9 heteroatoms. The average molecular weight is 414 g/mol. The minimum atomic E-state index is -3.15. The quantitative estimate of drug-likeness (QED) is 0.771. The lowest BCUT2D eigenvalue weighted by atomic mass is 10.0. The van der Waals surface area contributed by atoms with Crippen molar-refractivity contribution in [1.29, 1.82) is 0 Å². The standard InChI is InChI=1S/C21H24F2N6O/c1-11-6-14(11)26-17-8-18(28-19(27-17)20(3,22)23)29-10-21(4-5-21)13-9-24-16(7-15(13)29)25-12(2)30/h7-9,11,14H,4-6,10H2,1-3H3,(H,24,25,30)(H,26,27,28). The Morgan fingerprint density at radius 3 is 2.60 bits per heavy atom. The van der Waals surface area contributed by atoms with Crippen LogP contribution in [0.5, 0.6) is 0 Å². The van der Waals surface area contributed by atoms with Gasteiger partial charge >= 0.3 is 5.92 Å². The number of halogens is 2. The van der Waals surface area contributed by atoms with Crippen molar-refractivity contribution < 1.29 is 13.6 Å². The molecule has 1 amide bonds. The molecule has 30 heavy (non-hydrogen) atoms. The van der Waals surface area contributed by atoms with E-state index in [1.807, 2.05) is 4.90 Å². The number of nitrogens with one attached hydrogen (secondary N) is 2. The second-order valence-corrected chi connectivity index (χ2v) is 8.92. The Hall–Kier alpha value is -2.84. The number of fused-ring (bicyclic) bond motifs is 2. The van der Waals surface area contributed by atoms with Crippen LogP contribution in [0.3, 0.4) is 0 Å². The van der Waals surface area contributed by atoms with Crippen molar-refractivity contribution in [2.45, 2.75) is 57.4 Å². The number of carbonyl (C=O) groups is 1. The van der Waals surface area contributed by atoms with E-state index in [0.717, 1.165) is 37.4 Å². The Bertz CT molecular complexity index is 1030. The molecule has 2 N–H and O–H groups in total.